The van der Waals surface area contributed by atoms with Crippen molar-refractivity contribution in [1.29, 1.82) is 0 Å². The highest BCUT2D eigenvalue weighted by Gasteiger charge is 2.37. The normalized spacial score (nSPS) is 17.7. The van der Waals surface area contributed by atoms with Crippen LogP contribution in [0.3, 0.4) is 0 Å². The van der Waals surface area contributed by atoms with Crippen molar-refractivity contribution in [1.82, 2.24) is 20.7 Å². The SMILES string of the molecule is CC(c1ccccc1)N1CC(C(=O)NNC(=O)c2cccnc2)CC1=O. The highest BCUT2D eigenvalue weighted by atomic mass is 16.2. The highest BCUT2D eigenvalue weighted by molar-refractivity contribution is 5.96. The van der Waals surface area contributed by atoms with Crippen molar-refractivity contribution >= 4 is 17.7 Å². The maximum atomic E-state index is 12.3. The summed E-state index contributed by atoms with van der Waals surface area (Å²) in [6, 6.07) is 12.8. The molecule has 26 heavy (non-hydrogen) atoms. The number of rotatable bonds is 4. The van der Waals surface area contributed by atoms with E-state index in [0.717, 1.165) is 5.56 Å². The van der Waals surface area contributed by atoms with Crippen LogP contribution in [0, 0.1) is 5.92 Å². The lowest BCUT2D eigenvalue weighted by Gasteiger charge is -2.25. The summed E-state index contributed by atoms with van der Waals surface area (Å²) in [5.74, 6) is -1.40. The maximum Gasteiger partial charge on any atom is 0.271 e. The number of aromatic nitrogens is 1. The van der Waals surface area contributed by atoms with Crippen LogP contribution in [-0.2, 0) is 9.59 Å². The lowest BCUT2D eigenvalue weighted by atomic mass is 10.1. The van der Waals surface area contributed by atoms with E-state index >= 15 is 0 Å². The van der Waals surface area contributed by atoms with Crippen molar-refractivity contribution in [2.75, 3.05) is 6.54 Å². The minimum Gasteiger partial charge on any atom is -0.335 e. The van der Waals surface area contributed by atoms with E-state index in [1.54, 1.807) is 23.2 Å². The van der Waals surface area contributed by atoms with E-state index in [1.807, 2.05) is 37.3 Å². The third-order valence-electron chi connectivity index (χ3n) is 4.50. The molecular formula is C19H20N4O3. The number of hydrogen-bond donors (Lipinski definition) is 2. The first-order valence-corrected chi connectivity index (χ1v) is 8.41. The Morgan fingerprint density at radius 1 is 1.15 bits per heavy atom. The third-order valence-corrected chi connectivity index (χ3v) is 4.50. The molecule has 7 heteroatoms. The average Bonchev–Trinajstić information content (AvgIpc) is 3.08. The number of carbonyl (C=O) groups is 3. The second-order valence-electron chi connectivity index (χ2n) is 6.22. The fraction of sp³-hybridized carbons (Fsp3) is 0.263. The Labute approximate surface area is 151 Å². The quantitative estimate of drug-likeness (QED) is 0.815. The van der Waals surface area contributed by atoms with Gasteiger partial charge in [0.2, 0.25) is 11.8 Å². The molecule has 1 aromatic heterocycles. The van der Waals surface area contributed by atoms with Crippen LogP contribution in [0.25, 0.3) is 0 Å². The fourth-order valence-corrected chi connectivity index (χ4v) is 2.98. The Bertz CT molecular complexity index is 795. The molecule has 2 atom stereocenters. The summed E-state index contributed by atoms with van der Waals surface area (Å²) in [6.45, 7) is 2.27. The van der Waals surface area contributed by atoms with Gasteiger partial charge in [-0.05, 0) is 24.6 Å². The molecule has 2 N–H and O–H groups in total. The predicted octanol–water partition coefficient (Wildman–Crippen LogP) is 1.45. The molecule has 3 rings (SSSR count). The maximum absolute atomic E-state index is 12.3. The Balaban J connectivity index is 1.56. The van der Waals surface area contributed by atoms with Gasteiger partial charge in [0, 0.05) is 25.4 Å². The Morgan fingerprint density at radius 2 is 1.92 bits per heavy atom. The van der Waals surface area contributed by atoms with Gasteiger partial charge in [-0.15, -0.1) is 0 Å². The number of carbonyl (C=O) groups excluding carboxylic acids is 3. The molecule has 3 amide bonds. The van der Waals surface area contributed by atoms with Crippen LogP contribution in [0.15, 0.2) is 54.9 Å². The Hall–Kier alpha value is -3.22. The molecule has 2 heterocycles. The molecule has 0 spiro atoms. The van der Waals surface area contributed by atoms with Crippen LogP contribution in [0.5, 0.6) is 0 Å². The van der Waals surface area contributed by atoms with Crippen molar-refractivity contribution in [3.05, 3.63) is 66.0 Å². The first-order valence-electron chi connectivity index (χ1n) is 8.41. The standard InChI is InChI=1S/C19H20N4O3/c1-13(14-6-3-2-4-7-14)23-12-16(10-17(23)24)19(26)22-21-18(25)15-8-5-9-20-11-15/h2-9,11,13,16H,10,12H2,1H3,(H,21,25)(H,22,26). The second kappa shape index (κ2) is 7.77. The lowest BCUT2D eigenvalue weighted by Crippen LogP contribution is -2.45. The van der Waals surface area contributed by atoms with Gasteiger partial charge in [0.25, 0.3) is 5.91 Å². The summed E-state index contributed by atoms with van der Waals surface area (Å²) in [7, 11) is 0. The number of hydrogen-bond acceptors (Lipinski definition) is 4. The molecule has 0 aliphatic carbocycles. The molecule has 1 aliphatic rings. The number of hydrazine groups is 1. The van der Waals surface area contributed by atoms with E-state index in [2.05, 4.69) is 15.8 Å². The predicted molar refractivity (Wildman–Crippen MR) is 94.5 cm³/mol. The number of nitrogens with zero attached hydrogens (tertiary/aromatic N) is 2. The minimum atomic E-state index is -0.497. The smallest absolute Gasteiger partial charge is 0.271 e. The van der Waals surface area contributed by atoms with Crippen molar-refractivity contribution in [3.63, 3.8) is 0 Å². The number of nitrogens with one attached hydrogen (secondary N) is 2. The number of amides is 3. The molecule has 1 aromatic carbocycles. The zero-order valence-corrected chi connectivity index (χ0v) is 14.4. The summed E-state index contributed by atoms with van der Waals surface area (Å²) in [4.78, 5) is 42.1. The molecule has 1 saturated heterocycles. The van der Waals surface area contributed by atoms with Crippen LogP contribution < -0.4 is 10.9 Å². The summed E-state index contributed by atoms with van der Waals surface area (Å²) < 4.78 is 0. The van der Waals surface area contributed by atoms with Crippen LogP contribution in [0.4, 0.5) is 0 Å². The topological polar surface area (TPSA) is 91.4 Å². The van der Waals surface area contributed by atoms with Gasteiger partial charge in [-0.1, -0.05) is 30.3 Å². The first kappa shape index (κ1) is 17.6. The van der Waals surface area contributed by atoms with Gasteiger partial charge >= 0.3 is 0 Å². The van der Waals surface area contributed by atoms with E-state index in [9.17, 15) is 14.4 Å². The fourth-order valence-electron chi connectivity index (χ4n) is 2.98. The third kappa shape index (κ3) is 3.88. The zero-order valence-electron chi connectivity index (χ0n) is 14.4. The van der Waals surface area contributed by atoms with E-state index < -0.39 is 11.8 Å². The van der Waals surface area contributed by atoms with Gasteiger partial charge in [0.15, 0.2) is 0 Å². The van der Waals surface area contributed by atoms with E-state index in [1.165, 1.54) is 6.20 Å². The van der Waals surface area contributed by atoms with Crippen LogP contribution >= 0.6 is 0 Å². The minimum absolute atomic E-state index is 0.0694. The summed E-state index contributed by atoms with van der Waals surface area (Å²) in [5.41, 5.74) is 6.12. The monoisotopic (exact) mass is 352 g/mol. The molecule has 2 unspecified atom stereocenters. The molecular weight excluding hydrogens is 332 g/mol. The van der Waals surface area contributed by atoms with Crippen molar-refractivity contribution in [2.45, 2.75) is 19.4 Å². The van der Waals surface area contributed by atoms with E-state index in [0.29, 0.717) is 12.1 Å². The summed E-state index contributed by atoms with van der Waals surface area (Å²) in [6.07, 6.45) is 3.09. The Kier molecular flexibility index (Phi) is 5.26. The molecule has 7 nitrogen and oxygen atoms in total. The zero-order chi connectivity index (χ0) is 18.5. The van der Waals surface area contributed by atoms with Gasteiger partial charge in [-0.2, -0.15) is 0 Å². The average molecular weight is 352 g/mol. The number of benzene rings is 1. The van der Waals surface area contributed by atoms with Gasteiger partial charge in [0.1, 0.15) is 0 Å². The lowest BCUT2D eigenvalue weighted by molar-refractivity contribution is -0.130. The van der Waals surface area contributed by atoms with Crippen LogP contribution in [0.1, 0.15) is 35.3 Å². The Morgan fingerprint density at radius 3 is 2.62 bits per heavy atom. The molecule has 134 valence electrons. The summed E-state index contributed by atoms with van der Waals surface area (Å²) in [5, 5.41) is 0. The van der Waals surface area contributed by atoms with Crippen molar-refractivity contribution in [2.24, 2.45) is 5.92 Å². The van der Waals surface area contributed by atoms with Gasteiger partial charge in [-0.3, -0.25) is 30.2 Å². The molecule has 2 aromatic rings. The largest absolute Gasteiger partial charge is 0.335 e. The molecule has 0 bridgehead atoms. The van der Waals surface area contributed by atoms with Gasteiger partial charge in [0.05, 0.1) is 17.5 Å². The van der Waals surface area contributed by atoms with E-state index in [-0.39, 0.29) is 24.3 Å². The first-order chi connectivity index (χ1) is 12.6. The molecule has 1 aliphatic heterocycles. The summed E-state index contributed by atoms with van der Waals surface area (Å²) >= 11 is 0. The van der Waals surface area contributed by atoms with E-state index in [4.69, 9.17) is 0 Å². The van der Waals surface area contributed by atoms with Crippen LogP contribution in [0.2, 0.25) is 0 Å². The van der Waals surface area contributed by atoms with Crippen molar-refractivity contribution < 1.29 is 14.4 Å². The highest BCUT2D eigenvalue weighted by Crippen LogP contribution is 2.28. The van der Waals surface area contributed by atoms with Crippen molar-refractivity contribution in [3.8, 4) is 0 Å². The molecule has 0 saturated carbocycles. The molecule has 1 fully saturated rings. The van der Waals surface area contributed by atoms with Gasteiger partial charge in [-0.25, -0.2) is 0 Å². The number of likely N-dealkylation sites (tertiary alicyclic amines) is 1. The molecule has 0 radical (unpaired) electrons. The second-order valence-corrected chi connectivity index (χ2v) is 6.22. The van der Waals surface area contributed by atoms with Crippen LogP contribution in [-0.4, -0.2) is 34.2 Å². The van der Waals surface area contributed by atoms with Gasteiger partial charge < -0.3 is 4.90 Å². The number of pyridine rings is 1.